The van der Waals surface area contributed by atoms with Crippen LogP contribution in [0.1, 0.15) is 17.5 Å². The molecule has 0 spiro atoms. The summed E-state index contributed by atoms with van der Waals surface area (Å²) in [4.78, 5) is 23.7. The maximum atomic E-state index is 12.8. The van der Waals surface area contributed by atoms with E-state index in [2.05, 4.69) is 10.6 Å². The monoisotopic (exact) mass is 348 g/mol. The Bertz CT molecular complexity index is 732. The molecular weight excluding hydrogens is 331 g/mol. The van der Waals surface area contributed by atoms with Crippen molar-refractivity contribution in [2.45, 2.75) is 19.8 Å². The quantitative estimate of drug-likeness (QED) is 0.785. The average molecular weight is 349 g/mol. The molecule has 2 rings (SSSR count). The van der Waals surface area contributed by atoms with Gasteiger partial charge in [0.25, 0.3) is 0 Å². The van der Waals surface area contributed by atoms with Gasteiger partial charge in [-0.2, -0.15) is 0 Å². The first-order valence-electron chi connectivity index (χ1n) is 7.51. The van der Waals surface area contributed by atoms with Gasteiger partial charge in [0.1, 0.15) is 12.2 Å². The van der Waals surface area contributed by atoms with Crippen LogP contribution in [0, 0.1) is 12.7 Å². The molecule has 2 N–H and O–H groups in total. The Morgan fingerprint density at radius 2 is 1.79 bits per heavy atom. The normalized spacial score (nSPS) is 10.3. The molecule has 0 aromatic heterocycles. The van der Waals surface area contributed by atoms with Crippen LogP contribution in [0.3, 0.4) is 0 Å². The lowest BCUT2D eigenvalue weighted by Crippen LogP contribution is -2.29. The van der Waals surface area contributed by atoms with Gasteiger partial charge in [0, 0.05) is 17.3 Å². The fourth-order valence-corrected chi connectivity index (χ4v) is 2.30. The van der Waals surface area contributed by atoms with Crippen LogP contribution in [-0.2, 0) is 16.0 Å². The molecule has 2 amide bonds. The van der Waals surface area contributed by atoms with E-state index in [1.807, 2.05) is 6.92 Å². The third-order valence-corrected chi connectivity index (χ3v) is 3.68. The minimum Gasteiger partial charge on any atom is -0.355 e. The van der Waals surface area contributed by atoms with E-state index < -0.39 is 5.91 Å². The Kier molecular flexibility index (Phi) is 6.32. The van der Waals surface area contributed by atoms with E-state index in [1.54, 1.807) is 30.3 Å². The number of carbonyl (C=O) groups is 2. The summed E-state index contributed by atoms with van der Waals surface area (Å²) >= 11 is 5.89. The number of anilines is 1. The molecule has 0 unspecified atom stereocenters. The summed E-state index contributed by atoms with van der Waals surface area (Å²) in [7, 11) is 0. The lowest BCUT2D eigenvalue weighted by Gasteiger charge is -2.09. The minimum absolute atomic E-state index is 0.268. The number of amides is 2. The van der Waals surface area contributed by atoms with Crippen LogP contribution >= 0.6 is 11.6 Å². The molecule has 24 heavy (non-hydrogen) atoms. The van der Waals surface area contributed by atoms with Crippen LogP contribution in [0.4, 0.5) is 10.1 Å². The van der Waals surface area contributed by atoms with Gasteiger partial charge in [-0.05, 0) is 48.7 Å². The Labute approximate surface area is 145 Å². The highest BCUT2D eigenvalue weighted by molar-refractivity contribution is 6.31. The Balaban J connectivity index is 1.76. The number of aryl methyl sites for hydroxylation is 1. The van der Waals surface area contributed by atoms with Gasteiger partial charge in [0.15, 0.2) is 0 Å². The standard InChI is InChI=1S/C18H18ClFN2O2/c1-12-2-5-14(19)10-16(12)22-18(24)11-17(23)21-9-8-13-3-6-15(20)7-4-13/h2-7,10H,8-9,11H2,1H3,(H,21,23)(H,22,24). The van der Waals surface area contributed by atoms with Crippen molar-refractivity contribution in [3.63, 3.8) is 0 Å². The highest BCUT2D eigenvalue weighted by Gasteiger charge is 2.10. The van der Waals surface area contributed by atoms with Crippen LogP contribution in [0.2, 0.25) is 5.02 Å². The van der Waals surface area contributed by atoms with Gasteiger partial charge >= 0.3 is 0 Å². The molecule has 0 saturated carbocycles. The predicted octanol–water partition coefficient (Wildman–Crippen LogP) is 3.48. The Hall–Kier alpha value is -2.40. The van der Waals surface area contributed by atoms with Gasteiger partial charge < -0.3 is 10.6 Å². The van der Waals surface area contributed by atoms with E-state index in [4.69, 9.17) is 11.6 Å². The molecule has 0 bridgehead atoms. The van der Waals surface area contributed by atoms with E-state index in [9.17, 15) is 14.0 Å². The number of hydrogen-bond acceptors (Lipinski definition) is 2. The number of hydrogen-bond donors (Lipinski definition) is 2. The van der Waals surface area contributed by atoms with Crippen molar-refractivity contribution in [3.8, 4) is 0 Å². The Morgan fingerprint density at radius 1 is 1.08 bits per heavy atom. The van der Waals surface area contributed by atoms with Gasteiger partial charge in [-0.1, -0.05) is 29.8 Å². The average Bonchev–Trinajstić information content (AvgIpc) is 2.53. The zero-order chi connectivity index (χ0) is 17.5. The second-order valence-corrected chi connectivity index (χ2v) is 5.85. The number of nitrogens with one attached hydrogen (secondary N) is 2. The second kappa shape index (κ2) is 8.45. The summed E-state index contributed by atoms with van der Waals surface area (Å²) in [6.45, 7) is 2.22. The first-order chi connectivity index (χ1) is 11.4. The molecule has 2 aromatic carbocycles. The van der Waals surface area contributed by atoms with Crippen molar-refractivity contribution in [1.29, 1.82) is 0 Å². The van der Waals surface area contributed by atoms with E-state index in [0.717, 1.165) is 11.1 Å². The van der Waals surface area contributed by atoms with E-state index in [-0.39, 0.29) is 18.1 Å². The summed E-state index contributed by atoms with van der Waals surface area (Å²) < 4.78 is 12.8. The van der Waals surface area contributed by atoms with Gasteiger partial charge in [-0.3, -0.25) is 9.59 Å². The molecule has 0 atom stereocenters. The molecule has 6 heteroatoms. The first-order valence-corrected chi connectivity index (χ1v) is 7.89. The summed E-state index contributed by atoms with van der Waals surface area (Å²) in [5.41, 5.74) is 2.37. The van der Waals surface area contributed by atoms with E-state index >= 15 is 0 Å². The van der Waals surface area contributed by atoms with Gasteiger partial charge in [0.2, 0.25) is 11.8 Å². The maximum Gasteiger partial charge on any atom is 0.233 e. The van der Waals surface area contributed by atoms with Crippen LogP contribution in [0.15, 0.2) is 42.5 Å². The molecule has 0 aliphatic rings. The number of carbonyl (C=O) groups excluding carboxylic acids is 2. The SMILES string of the molecule is Cc1ccc(Cl)cc1NC(=O)CC(=O)NCCc1ccc(F)cc1. The van der Waals surface area contributed by atoms with Crippen molar-refractivity contribution >= 4 is 29.1 Å². The molecule has 0 fully saturated rings. The molecule has 0 heterocycles. The largest absolute Gasteiger partial charge is 0.355 e. The highest BCUT2D eigenvalue weighted by atomic mass is 35.5. The topological polar surface area (TPSA) is 58.2 Å². The van der Waals surface area contributed by atoms with Crippen molar-refractivity contribution in [3.05, 3.63) is 64.4 Å². The minimum atomic E-state index is -0.403. The highest BCUT2D eigenvalue weighted by Crippen LogP contribution is 2.20. The summed E-state index contributed by atoms with van der Waals surface area (Å²) in [5.74, 6) is -1.07. The summed E-state index contributed by atoms with van der Waals surface area (Å²) in [5, 5.41) is 5.85. The second-order valence-electron chi connectivity index (χ2n) is 5.41. The number of halogens is 2. The van der Waals surface area contributed by atoms with Crippen molar-refractivity contribution in [2.75, 3.05) is 11.9 Å². The number of benzene rings is 2. The van der Waals surface area contributed by atoms with Crippen LogP contribution < -0.4 is 10.6 Å². The van der Waals surface area contributed by atoms with Crippen molar-refractivity contribution in [1.82, 2.24) is 5.32 Å². The Morgan fingerprint density at radius 3 is 2.50 bits per heavy atom. The molecule has 0 saturated heterocycles. The lowest BCUT2D eigenvalue weighted by molar-refractivity contribution is -0.126. The molecular formula is C18H18ClFN2O2. The molecule has 0 radical (unpaired) electrons. The smallest absolute Gasteiger partial charge is 0.233 e. The summed E-state index contributed by atoms with van der Waals surface area (Å²) in [6, 6.07) is 11.2. The third-order valence-electron chi connectivity index (χ3n) is 3.44. The zero-order valence-corrected chi connectivity index (χ0v) is 14.0. The van der Waals surface area contributed by atoms with Gasteiger partial charge in [-0.25, -0.2) is 4.39 Å². The molecule has 126 valence electrons. The number of rotatable bonds is 6. The van der Waals surface area contributed by atoms with Gasteiger partial charge in [-0.15, -0.1) is 0 Å². The van der Waals surface area contributed by atoms with Gasteiger partial charge in [0.05, 0.1) is 0 Å². The van der Waals surface area contributed by atoms with Crippen molar-refractivity contribution in [2.24, 2.45) is 0 Å². The summed E-state index contributed by atoms with van der Waals surface area (Å²) in [6.07, 6.45) is 0.302. The third kappa shape index (κ3) is 5.66. The molecule has 0 aliphatic heterocycles. The lowest BCUT2D eigenvalue weighted by atomic mass is 10.1. The first kappa shape index (κ1) is 17.9. The van der Waals surface area contributed by atoms with Crippen LogP contribution in [0.25, 0.3) is 0 Å². The zero-order valence-electron chi connectivity index (χ0n) is 13.2. The van der Waals surface area contributed by atoms with Crippen LogP contribution in [-0.4, -0.2) is 18.4 Å². The predicted molar refractivity (Wildman–Crippen MR) is 92.5 cm³/mol. The molecule has 2 aromatic rings. The fraction of sp³-hybridized carbons (Fsp3) is 0.222. The molecule has 4 nitrogen and oxygen atoms in total. The van der Waals surface area contributed by atoms with Crippen LogP contribution in [0.5, 0.6) is 0 Å². The molecule has 0 aliphatic carbocycles. The van der Waals surface area contributed by atoms with E-state index in [1.165, 1.54) is 12.1 Å². The van der Waals surface area contributed by atoms with E-state index in [0.29, 0.717) is 23.7 Å². The fourth-order valence-electron chi connectivity index (χ4n) is 2.13. The van der Waals surface area contributed by atoms with Crippen molar-refractivity contribution < 1.29 is 14.0 Å². The maximum absolute atomic E-state index is 12.8.